The Hall–Kier alpha value is -1.95. The highest BCUT2D eigenvalue weighted by molar-refractivity contribution is 6.73. The monoisotopic (exact) mass is 384 g/mol. The molecule has 0 N–H and O–H groups in total. The number of fused-ring (bicyclic) bond motifs is 1. The Kier molecular flexibility index (Phi) is 5.05. The van der Waals surface area contributed by atoms with Crippen LogP contribution in [0.15, 0.2) is 48.5 Å². The van der Waals surface area contributed by atoms with Crippen LogP contribution in [-0.4, -0.2) is 21.2 Å². The van der Waals surface area contributed by atoms with Crippen molar-refractivity contribution < 1.29 is 19.0 Å². The van der Waals surface area contributed by atoms with Crippen molar-refractivity contribution in [1.82, 2.24) is 0 Å². The molecule has 0 heterocycles. The summed E-state index contributed by atoms with van der Waals surface area (Å²) in [4.78, 5) is 19.6. The van der Waals surface area contributed by atoms with E-state index in [2.05, 4.69) is 33.9 Å². The number of carbonyl (C=O) groups excluding carboxylic acids is 1. The van der Waals surface area contributed by atoms with Crippen molar-refractivity contribution in [3.05, 3.63) is 65.2 Å². The molecule has 2 aromatic carbocycles. The highest BCUT2D eigenvalue weighted by Gasteiger charge is 2.51. The quantitative estimate of drug-likeness (QED) is 0.399. The Bertz CT molecular complexity index is 839. The summed E-state index contributed by atoms with van der Waals surface area (Å²) in [5.41, 5.74) is 1.23. The summed E-state index contributed by atoms with van der Waals surface area (Å²) in [5.74, 6) is 0.667. The van der Waals surface area contributed by atoms with Gasteiger partial charge in [0.05, 0.1) is 7.11 Å². The largest absolute Gasteiger partial charge is 0.497 e. The lowest BCUT2D eigenvalue weighted by atomic mass is 9.90. The highest BCUT2D eigenvalue weighted by Crippen LogP contribution is 2.44. The molecule has 0 amide bonds. The van der Waals surface area contributed by atoms with E-state index >= 15 is 0 Å². The molecular formula is C22H28O4Si. The minimum absolute atomic E-state index is 0.0252. The third-order valence-electron chi connectivity index (χ3n) is 5.80. The van der Waals surface area contributed by atoms with E-state index in [9.17, 15) is 4.79 Å². The van der Waals surface area contributed by atoms with Gasteiger partial charge in [0.1, 0.15) is 5.75 Å². The average molecular weight is 385 g/mol. The number of hydrogen-bond donors (Lipinski definition) is 0. The van der Waals surface area contributed by atoms with Gasteiger partial charge in [0, 0.05) is 12.0 Å². The number of hydrogen-bond acceptors (Lipinski definition) is 4. The molecule has 0 bridgehead atoms. The van der Waals surface area contributed by atoms with Crippen molar-refractivity contribution >= 4 is 14.1 Å². The van der Waals surface area contributed by atoms with E-state index < -0.39 is 13.9 Å². The smallest absolute Gasteiger partial charge is 0.238 e. The number of benzene rings is 2. The van der Waals surface area contributed by atoms with E-state index in [0.717, 1.165) is 16.9 Å². The standard InChI is InChI=1S/C22H28O4Si/c1-21(2,3)27(5,6)26-25-22(17-10-8-7-9-11-17)15-16-14-18(24-4)12-13-19(16)20(22)23/h7-14H,15H2,1-6H3. The predicted molar refractivity (Wildman–Crippen MR) is 109 cm³/mol. The van der Waals surface area contributed by atoms with Gasteiger partial charge in [-0.05, 0) is 47.5 Å². The topological polar surface area (TPSA) is 44.8 Å². The molecule has 0 spiro atoms. The summed E-state index contributed by atoms with van der Waals surface area (Å²) in [6.45, 7) is 10.7. The zero-order valence-electron chi connectivity index (χ0n) is 17.0. The second kappa shape index (κ2) is 6.89. The molecule has 0 radical (unpaired) electrons. The van der Waals surface area contributed by atoms with E-state index in [1.807, 2.05) is 48.5 Å². The molecule has 0 aromatic heterocycles. The highest BCUT2D eigenvalue weighted by atomic mass is 28.4. The van der Waals surface area contributed by atoms with Gasteiger partial charge in [-0.25, -0.2) is 4.89 Å². The van der Waals surface area contributed by atoms with E-state index in [1.165, 1.54) is 0 Å². The van der Waals surface area contributed by atoms with Crippen LogP contribution < -0.4 is 4.74 Å². The molecule has 1 aliphatic carbocycles. The normalized spacial score (nSPS) is 19.9. The van der Waals surface area contributed by atoms with Crippen LogP contribution >= 0.6 is 0 Å². The van der Waals surface area contributed by atoms with Crippen LogP contribution in [0.1, 0.15) is 42.3 Å². The predicted octanol–water partition coefficient (Wildman–Crippen LogP) is 5.28. The van der Waals surface area contributed by atoms with E-state index in [0.29, 0.717) is 12.0 Å². The van der Waals surface area contributed by atoms with Crippen molar-refractivity contribution in [2.45, 2.75) is 50.9 Å². The third-order valence-corrected chi connectivity index (χ3v) is 9.91. The van der Waals surface area contributed by atoms with Crippen LogP contribution in [0.3, 0.4) is 0 Å². The maximum Gasteiger partial charge on any atom is 0.238 e. The molecule has 144 valence electrons. The number of ketones is 1. The summed E-state index contributed by atoms with van der Waals surface area (Å²) in [7, 11) is -0.577. The Morgan fingerprint density at radius 1 is 1.04 bits per heavy atom. The fourth-order valence-corrected chi connectivity index (χ4v) is 3.59. The van der Waals surface area contributed by atoms with Crippen molar-refractivity contribution in [2.24, 2.45) is 0 Å². The lowest BCUT2D eigenvalue weighted by Crippen LogP contribution is -2.46. The first-order valence-corrected chi connectivity index (χ1v) is 12.2. The Morgan fingerprint density at radius 2 is 1.70 bits per heavy atom. The number of Topliss-reactive ketones (excluding diaryl/α,β-unsaturated/α-hetero) is 1. The van der Waals surface area contributed by atoms with Gasteiger partial charge in [-0.1, -0.05) is 51.1 Å². The zero-order valence-corrected chi connectivity index (χ0v) is 18.0. The summed E-state index contributed by atoms with van der Waals surface area (Å²) in [6.07, 6.45) is 0.428. The van der Waals surface area contributed by atoms with E-state index in [4.69, 9.17) is 14.2 Å². The maximum absolute atomic E-state index is 13.5. The van der Waals surface area contributed by atoms with Crippen LogP contribution in [0.2, 0.25) is 18.1 Å². The zero-order chi connectivity index (χ0) is 19.9. The van der Waals surface area contributed by atoms with Crippen molar-refractivity contribution in [1.29, 1.82) is 0 Å². The number of rotatable bonds is 5. The lowest BCUT2D eigenvalue weighted by molar-refractivity contribution is -0.288. The molecule has 0 saturated carbocycles. The van der Waals surface area contributed by atoms with E-state index in [1.54, 1.807) is 7.11 Å². The Morgan fingerprint density at radius 3 is 2.30 bits per heavy atom. The summed E-state index contributed by atoms with van der Waals surface area (Å²) in [5, 5.41) is -0.0252. The molecule has 0 aliphatic heterocycles. The van der Waals surface area contributed by atoms with Crippen LogP contribution in [0, 0.1) is 0 Å². The molecule has 0 fully saturated rings. The molecule has 2 aromatic rings. The first kappa shape index (κ1) is 19.8. The minimum atomic E-state index is -2.20. The number of ether oxygens (including phenoxy) is 1. The van der Waals surface area contributed by atoms with Crippen LogP contribution in [0.5, 0.6) is 5.75 Å². The molecule has 3 rings (SSSR count). The number of carbonyl (C=O) groups is 1. The fourth-order valence-electron chi connectivity index (χ4n) is 2.99. The summed E-state index contributed by atoms with van der Waals surface area (Å²) in [6, 6.07) is 15.2. The second-order valence-electron chi connectivity index (χ2n) is 8.65. The van der Waals surface area contributed by atoms with Crippen LogP contribution in [-0.2, 0) is 21.5 Å². The molecule has 4 nitrogen and oxygen atoms in total. The van der Waals surface area contributed by atoms with Gasteiger partial charge in [-0.15, -0.1) is 0 Å². The molecule has 0 saturated heterocycles. The lowest BCUT2D eigenvalue weighted by Gasteiger charge is -2.38. The van der Waals surface area contributed by atoms with Gasteiger partial charge >= 0.3 is 0 Å². The van der Waals surface area contributed by atoms with Gasteiger partial charge in [0.25, 0.3) is 0 Å². The summed E-state index contributed by atoms with van der Waals surface area (Å²) < 4.78 is 11.4. The molecule has 27 heavy (non-hydrogen) atoms. The first-order valence-electron chi connectivity index (χ1n) is 9.25. The fraction of sp³-hybridized carbons (Fsp3) is 0.409. The molecule has 1 aliphatic rings. The van der Waals surface area contributed by atoms with Crippen molar-refractivity contribution in [3.8, 4) is 5.75 Å². The first-order chi connectivity index (χ1) is 12.6. The van der Waals surface area contributed by atoms with Crippen molar-refractivity contribution in [3.63, 3.8) is 0 Å². The Labute approximate surface area is 162 Å². The summed E-state index contributed by atoms with van der Waals surface area (Å²) >= 11 is 0. The Balaban J connectivity index is 2.02. The van der Waals surface area contributed by atoms with Crippen LogP contribution in [0.4, 0.5) is 0 Å². The minimum Gasteiger partial charge on any atom is -0.497 e. The molecule has 1 unspecified atom stereocenters. The molecule has 1 atom stereocenters. The van der Waals surface area contributed by atoms with Crippen LogP contribution in [0.25, 0.3) is 0 Å². The van der Waals surface area contributed by atoms with Gasteiger partial charge < -0.3 is 4.74 Å². The van der Waals surface area contributed by atoms with Crippen molar-refractivity contribution in [2.75, 3.05) is 7.11 Å². The number of methoxy groups -OCH3 is 1. The van der Waals surface area contributed by atoms with E-state index in [-0.39, 0.29) is 10.8 Å². The SMILES string of the molecule is COc1ccc2c(c1)CC(OO[Si](C)(C)C(C)(C)C)(c1ccccc1)C2=O. The third kappa shape index (κ3) is 3.47. The van der Waals surface area contributed by atoms with Gasteiger partial charge in [-0.2, -0.15) is 0 Å². The van der Waals surface area contributed by atoms with Gasteiger partial charge in [-0.3, -0.25) is 9.37 Å². The van der Waals surface area contributed by atoms with Gasteiger partial charge in [0.2, 0.25) is 14.1 Å². The molecular weight excluding hydrogens is 356 g/mol. The second-order valence-corrected chi connectivity index (χ2v) is 13.3. The molecule has 5 heteroatoms. The average Bonchev–Trinajstić information content (AvgIpc) is 2.92. The maximum atomic E-state index is 13.5. The van der Waals surface area contributed by atoms with Gasteiger partial charge in [0.15, 0.2) is 5.60 Å².